The largest absolute Gasteiger partial charge is 0.0888 e. The molecule has 0 fully saturated rings. The van der Waals surface area contributed by atoms with E-state index in [1.54, 1.807) is 0 Å². The second-order valence-electron chi connectivity index (χ2n) is 5.48. The van der Waals surface area contributed by atoms with E-state index in [0.29, 0.717) is 0 Å². The van der Waals surface area contributed by atoms with Gasteiger partial charge in [0.1, 0.15) is 0 Å². The normalized spacial score (nSPS) is 13.4. The van der Waals surface area contributed by atoms with E-state index in [0.717, 1.165) is 5.92 Å². The van der Waals surface area contributed by atoms with E-state index in [9.17, 15) is 0 Å². The highest BCUT2D eigenvalue weighted by Crippen LogP contribution is 2.15. The van der Waals surface area contributed by atoms with Gasteiger partial charge in [0, 0.05) is 0 Å². The van der Waals surface area contributed by atoms with Crippen molar-refractivity contribution < 1.29 is 0 Å². The van der Waals surface area contributed by atoms with Gasteiger partial charge in [-0.05, 0) is 18.8 Å². The summed E-state index contributed by atoms with van der Waals surface area (Å²) >= 11 is 0. The minimum atomic E-state index is 0.887. The van der Waals surface area contributed by atoms with Crippen LogP contribution in [0.5, 0.6) is 0 Å². The van der Waals surface area contributed by atoms with E-state index in [2.05, 4.69) is 32.9 Å². The lowest BCUT2D eigenvalue weighted by Crippen LogP contribution is -1.92. The maximum absolute atomic E-state index is 2.39. The molecule has 0 aromatic rings. The average molecular weight is 238 g/mol. The summed E-state index contributed by atoms with van der Waals surface area (Å²) in [6.07, 6.45) is 20.1. The molecular formula is C17H34. The number of unbranched alkanes of at least 4 members (excludes halogenated alkanes) is 7. The van der Waals surface area contributed by atoms with Crippen LogP contribution in [0.1, 0.15) is 91.4 Å². The van der Waals surface area contributed by atoms with Gasteiger partial charge in [-0.3, -0.25) is 0 Å². The summed E-state index contributed by atoms with van der Waals surface area (Å²) < 4.78 is 0. The van der Waals surface area contributed by atoms with Crippen LogP contribution in [0.4, 0.5) is 0 Å². The summed E-state index contributed by atoms with van der Waals surface area (Å²) in [4.78, 5) is 0. The summed E-state index contributed by atoms with van der Waals surface area (Å²) in [7, 11) is 0. The molecule has 0 aliphatic rings. The zero-order valence-corrected chi connectivity index (χ0v) is 12.5. The smallest absolute Gasteiger partial charge is 0.0325 e. The van der Waals surface area contributed by atoms with Crippen molar-refractivity contribution in [2.75, 3.05) is 0 Å². The van der Waals surface area contributed by atoms with Crippen molar-refractivity contribution in [3.8, 4) is 0 Å². The molecule has 17 heavy (non-hydrogen) atoms. The topological polar surface area (TPSA) is 0 Å². The Morgan fingerprint density at radius 1 is 0.765 bits per heavy atom. The van der Waals surface area contributed by atoms with Crippen LogP contribution < -0.4 is 0 Å². The molecule has 0 aliphatic heterocycles. The molecular weight excluding hydrogens is 204 g/mol. The van der Waals surface area contributed by atoms with E-state index in [-0.39, 0.29) is 0 Å². The van der Waals surface area contributed by atoms with E-state index < -0.39 is 0 Å². The second kappa shape index (κ2) is 13.8. The summed E-state index contributed by atoms with van der Waals surface area (Å²) in [5.41, 5.74) is 0. The Morgan fingerprint density at radius 2 is 1.35 bits per heavy atom. The van der Waals surface area contributed by atoms with Gasteiger partial charge in [-0.25, -0.2) is 0 Å². The van der Waals surface area contributed by atoms with Crippen molar-refractivity contribution in [2.24, 2.45) is 5.92 Å². The summed E-state index contributed by atoms with van der Waals surface area (Å²) in [5, 5.41) is 0. The minimum Gasteiger partial charge on any atom is -0.0888 e. The van der Waals surface area contributed by atoms with Gasteiger partial charge < -0.3 is 0 Å². The highest BCUT2D eigenvalue weighted by atomic mass is 14.0. The van der Waals surface area contributed by atoms with Crippen molar-refractivity contribution in [1.82, 2.24) is 0 Å². The molecule has 0 rings (SSSR count). The Labute approximate surface area is 110 Å². The summed E-state index contributed by atoms with van der Waals surface area (Å²) in [6.45, 7) is 6.88. The monoisotopic (exact) mass is 238 g/mol. The fraction of sp³-hybridized carbons (Fsp3) is 0.882. The molecule has 0 amide bonds. The number of rotatable bonds is 12. The van der Waals surface area contributed by atoms with Gasteiger partial charge in [-0.2, -0.15) is 0 Å². The van der Waals surface area contributed by atoms with Crippen molar-refractivity contribution in [3.63, 3.8) is 0 Å². The van der Waals surface area contributed by atoms with Crippen molar-refractivity contribution in [3.05, 3.63) is 12.2 Å². The molecule has 0 N–H and O–H groups in total. The van der Waals surface area contributed by atoms with Crippen LogP contribution in [0.15, 0.2) is 12.2 Å². The third-order valence-corrected chi connectivity index (χ3v) is 3.49. The molecule has 0 aliphatic carbocycles. The molecule has 0 saturated carbocycles. The van der Waals surface area contributed by atoms with E-state index in [1.807, 2.05) is 0 Å². The molecule has 1 atom stereocenters. The highest BCUT2D eigenvalue weighted by molar-refractivity contribution is 4.81. The van der Waals surface area contributed by atoms with Crippen molar-refractivity contribution in [2.45, 2.75) is 91.4 Å². The number of hydrogen-bond acceptors (Lipinski definition) is 0. The van der Waals surface area contributed by atoms with Crippen LogP contribution in [-0.2, 0) is 0 Å². The van der Waals surface area contributed by atoms with Gasteiger partial charge in [0.15, 0.2) is 0 Å². The molecule has 0 heterocycles. The first kappa shape index (κ1) is 16.7. The van der Waals surface area contributed by atoms with Crippen molar-refractivity contribution >= 4 is 0 Å². The first-order valence-corrected chi connectivity index (χ1v) is 7.96. The van der Waals surface area contributed by atoms with Crippen molar-refractivity contribution in [1.29, 1.82) is 0 Å². The van der Waals surface area contributed by atoms with Gasteiger partial charge in [-0.1, -0.05) is 90.7 Å². The predicted molar refractivity (Wildman–Crippen MR) is 80.4 cm³/mol. The maximum Gasteiger partial charge on any atom is -0.0325 e. The number of allylic oxidation sites excluding steroid dienone is 2. The molecule has 0 aromatic heterocycles. The SMILES string of the molecule is CC/C=C/CC(C)CCCCCCCCCC. The van der Waals surface area contributed by atoms with Gasteiger partial charge in [0.2, 0.25) is 0 Å². The highest BCUT2D eigenvalue weighted by Gasteiger charge is 1.99. The fourth-order valence-corrected chi connectivity index (χ4v) is 2.24. The summed E-state index contributed by atoms with van der Waals surface area (Å²) in [6, 6.07) is 0. The Bertz CT molecular complexity index is 157. The third kappa shape index (κ3) is 13.7. The molecule has 0 spiro atoms. The van der Waals surface area contributed by atoms with Gasteiger partial charge in [0.25, 0.3) is 0 Å². The van der Waals surface area contributed by atoms with E-state index >= 15 is 0 Å². The predicted octanol–water partition coefficient (Wildman–Crippen LogP) is 6.51. The lowest BCUT2D eigenvalue weighted by molar-refractivity contribution is 0.484. The summed E-state index contributed by atoms with van der Waals surface area (Å²) in [5.74, 6) is 0.887. The lowest BCUT2D eigenvalue weighted by Gasteiger charge is -2.08. The van der Waals surface area contributed by atoms with Crippen LogP contribution in [0.2, 0.25) is 0 Å². The average Bonchev–Trinajstić information content (AvgIpc) is 2.33. The van der Waals surface area contributed by atoms with E-state index in [4.69, 9.17) is 0 Å². The van der Waals surface area contributed by atoms with E-state index in [1.165, 1.54) is 70.6 Å². The van der Waals surface area contributed by atoms with Crippen LogP contribution in [0.25, 0.3) is 0 Å². The van der Waals surface area contributed by atoms with Crippen LogP contribution >= 0.6 is 0 Å². The van der Waals surface area contributed by atoms with Crippen LogP contribution in [0, 0.1) is 5.92 Å². The maximum atomic E-state index is 2.39. The van der Waals surface area contributed by atoms with Gasteiger partial charge in [0.05, 0.1) is 0 Å². The van der Waals surface area contributed by atoms with Gasteiger partial charge >= 0.3 is 0 Å². The molecule has 1 unspecified atom stereocenters. The molecule has 0 heteroatoms. The molecule has 0 saturated heterocycles. The van der Waals surface area contributed by atoms with Gasteiger partial charge in [-0.15, -0.1) is 0 Å². The van der Waals surface area contributed by atoms with Crippen LogP contribution in [0.3, 0.4) is 0 Å². The first-order chi connectivity index (χ1) is 8.31. The molecule has 0 radical (unpaired) electrons. The Balaban J connectivity index is 3.13. The first-order valence-electron chi connectivity index (χ1n) is 7.96. The Morgan fingerprint density at radius 3 is 1.94 bits per heavy atom. The Hall–Kier alpha value is -0.260. The quantitative estimate of drug-likeness (QED) is 0.268. The molecule has 0 aromatic carbocycles. The molecule has 0 nitrogen and oxygen atoms in total. The fourth-order valence-electron chi connectivity index (χ4n) is 2.24. The minimum absolute atomic E-state index is 0.887. The Kier molecular flexibility index (Phi) is 13.6. The lowest BCUT2D eigenvalue weighted by atomic mass is 9.98. The second-order valence-corrected chi connectivity index (χ2v) is 5.48. The molecule has 102 valence electrons. The third-order valence-electron chi connectivity index (χ3n) is 3.49. The van der Waals surface area contributed by atoms with Crippen LogP contribution in [-0.4, -0.2) is 0 Å². The molecule has 0 bridgehead atoms. The zero-order valence-electron chi connectivity index (χ0n) is 12.5. The standard InChI is InChI=1S/C17H34/c1-4-6-8-9-10-11-12-14-16-17(3)15-13-7-5-2/h7,13,17H,4-6,8-12,14-16H2,1-3H3/b13-7+. The zero-order chi connectivity index (χ0) is 12.8. The number of hydrogen-bond donors (Lipinski definition) is 0.